The van der Waals surface area contributed by atoms with Crippen molar-refractivity contribution in [1.82, 2.24) is 9.29 Å². The van der Waals surface area contributed by atoms with E-state index in [9.17, 15) is 13.2 Å². The first-order chi connectivity index (χ1) is 14.1. The predicted molar refractivity (Wildman–Crippen MR) is 111 cm³/mol. The van der Waals surface area contributed by atoms with E-state index in [2.05, 4.69) is 10.3 Å². The number of oxazole rings is 1. The second-order valence-corrected chi connectivity index (χ2v) is 8.78. The molecule has 0 amide bonds. The Bertz CT molecular complexity index is 1110. The van der Waals surface area contributed by atoms with Gasteiger partial charge in [-0.15, -0.1) is 0 Å². The number of allylic oxidation sites excluding steroid dienone is 1. The predicted octanol–water partition coefficient (Wildman–Crippen LogP) is 3.65. The van der Waals surface area contributed by atoms with E-state index in [0.29, 0.717) is 36.2 Å². The van der Waals surface area contributed by atoms with Crippen molar-refractivity contribution < 1.29 is 17.6 Å². The van der Waals surface area contributed by atoms with E-state index < -0.39 is 10.0 Å². The molecule has 0 bridgehead atoms. The summed E-state index contributed by atoms with van der Waals surface area (Å²) in [5.41, 5.74) is 2.18. The molecule has 2 aromatic carbocycles. The molecule has 29 heavy (non-hydrogen) atoms. The molecule has 0 aliphatic carbocycles. The van der Waals surface area contributed by atoms with Gasteiger partial charge in [0.25, 0.3) is 0 Å². The Kier molecular flexibility index (Phi) is 5.46. The minimum atomic E-state index is -3.46. The van der Waals surface area contributed by atoms with Gasteiger partial charge in [0.05, 0.1) is 10.5 Å². The molecule has 3 aromatic rings. The van der Waals surface area contributed by atoms with Crippen LogP contribution in [0, 0.1) is 0 Å². The van der Waals surface area contributed by atoms with Gasteiger partial charge in [0.15, 0.2) is 11.9 Å². The van der Waals surface area contributed by atoms with Crippen LogP contribution in [0.3, 0.4) is 0 Å². The highest BCUT2D eigenvalue weighted by Gasteiger charge is 2.25. The molecule has 1 aliphatic heterocycles. The number of para-hydroxylation sites is 2. The fourth-order valence-corrected chi connectivity index (χ4v) is 4.80. The van der Waals surface area contributed by atoms with Gasteiger partial charge in [-0.1, -0.05) is 18.6 Å². The van der Waals surface area contributed by atoms with Crippen LogP contribution in [0.25, 0.3) is 16.7 Å². The van der Waals surface area contributed by atoms with E-state index in [1.165, 1.54) is 10.5 Å². The standard InChI is InChI=1S/C21H21N3O4S/c25-15-16(21-23-19-6-2-3-7-20(19)28-21)14-22-17-8-10-18(11-9-17)29(26,27)24-12-4-1-5-13-24/h2-3,6-11,14-15,22H,1,4-5,12-13H2/b16-14-. The van der Waals surface area contributed by atoms with Crippen molar-refractivity contribution in [3.63, 3.8) is 0 Å². The van der Waals surface area contributed by atoms with Crippen molar-refractivity contribution in [3.8, 4) is 0 Å². The summed E-state index contributed by atoms with van der Waals surface area (Å²) >= 11 is 0. The summed E-state index contributed by atoms with van der Waals surface area (Å²) in [6.07, 6.45) is 5.01. The summed E-state index contributed by atoms with van der Waals surface area (Å²) in [5.74, 6) is 0.220. The van der Waals surface area contributed by atoms with Crippen molar-refractivity contribution >= 4 is 38.7 Å². The van der Waals surface area contributed by atoms with Crippen molar-refractivity contribution in [1.29, 1.82) is 0 Å². The molecule has 0 radical (unpaired) electrons. The Morgan fingerprint density at radius 2 is 1.76 bits per heavy atom. The molecule has 1 saturated heterocycles. The zero-order valence-electron chi connectivity index (χ0n) is 15.7. The van der Waals surface area contributed by atoms with Crippen LogP contribution >= 0.6 is 0 Å². The van der Waals surface area contributed by atoms with Gasteiger partial charge < -0.3 is 9.73 Å². The Morgan fingerprint density at radius 1 is 1.03 bits per heavy atom. The third kappa shape index (κ3) is 4.08. The minimum absolute atomic E-state index is 0.220. The molecule has 7 nitrogen and oxygen atoms in total. The summed E-state index contributed by atoms with van der Waals surface area (Å²) in [6, 6.07) is 13.7. The van der Waals surface area contributed by atoms with E-state index in [1.807, 2.05) is 12.1 Å². The third-order valence-corrected chi connectivity index (χ3v) is 6.78. The van der Waals surface area contributed by atoms with E-state index in [-0.39, 0.29) is 16.4 Å². The Labute approximate surface area is 169 Å². The lowest BCUT2D eigenvalue weighted by atomic mass is 10.2. The van der Waals surface area contributed by atoms with Crippen LogP contribution in [0.15, 0.2) is 64.0 Å². The molecule has 4 rings (SSSR count). The minimum Gasteiger partial charge on any atom is -0.436 e. The SMILES string of the molecule is O=C/C(=C/Nc1ccc(S(=O)(=O)N2CCCCC2)cc1)c1nc2ccccc2o1. The Morgan fingerprint density at radius 3 is 2.45 bits per heavy atom. The van der Waals surface area contributed by atoms with Gasteiger partial charge >= 0.3 is 0 Å². The van der Waals surface area contributed by atoms with Crippen LogP contribution in [-0.2, 0) is 14.8 Å². The monoisotopic (exact) mass is 411 g/mol. The van der Waals surface area contributed by atoms with Crippen LogP contribution < -0.4 is 5.32 Å². The van der Waals surface area contributed by atoms with Crippen molar-refractivity contribution in [3.05, 3.63) is 60.6 Å². The van der Waals surface area contributed by atoms with Gasteiger partial charge in [0.2, 0.25) is 15.9 Å². The molecular weight excluding hydrogens is 390 g/mol. The second kappa shape index (κ2) is 8.18. The molecule has 1 fully saturated rings. The van der Waals surface area contributed by atoms with E-state index in [4.69, 9.17) is 4.42 Å². The summed E-state index contributed by atoms with van der Waals surface area (Å²) in [6.45, 7) is 1.14. The van der Waals surface area contributed by atoms with Gasteiger partial charge in [0.1, 0.15) is 5.52 Å². The Hall–Kier alpha value is -2.97. The van der Waals surface area contributed by atoms with Gasteiger partial charge in [0, 0.05) is 25.0 Å². The number of aromatic nitrogens is 1. The third-order valence-electron chi connectivity index (χ3n) is 4.87. The van der Waals surface area contributed by atoms with Gasteiger partial charge in [-0.2, -0.15) is 4.31 Å². The highest BCUT2D eigenvalue weighted by Crippen LogP contribution is 2.23. The van der Waals surface area contributed by atoms with E-state index >= 15 is 0 Å². The molecule has 1 aromatic heterocycles. The van der Waals surface area contributed by atoms with Crippen molar-refractivity contribution in [2.75, 3.05) is 18.4 Å². The fraction of sp³-hybridized carbons (Fsp3) is 0.238. The number of nitrogens with one attached hydrogen (secondary N) is 1. The van der Waals surface area contributed by atoms with E-state index in [0.717, 1.165) is 19.3 Å². The average molecular weight is 411 g/mol. The molecule has 0 atom stereocenters. The molecule has 0 saturated carbocycles. The lowest BCUT2D eigenvalue weighted by Gasteiger charge is -2.25. The summed E-state index contributed by atoms with van der Waals surface area (Å²) in [7, 11) is -3.46. The number of sulfonamides is 1. The topological polar surface area (TPSA) is 92.5 Å². The number of anilines is 1. The van der Waals surface area contributed by atoms with Crippen LogP contribution in [-0.4, -0.2) is 37.1 Å². The zero-order valence-corrected chi connectivity index (χ0v) is 16.6. The first-order valence-corrected chi connectivity index (χ1v) is 10.9. The van der Waals surface area contributed by atoms with Crippen LogP contribution in [0.1, 0.15) is 25.2 Å². The molecule has 1 aliphatic rings. The molecule has 8 heteroatoms. The Balaban J connectivity index is 1.51. The lowest BCUT2D eigenvalue weighted by Crippen LogP contribution is -2.35. The van der Waals surface area contributed by atoms with Gasteiger partial charge in [-0.25, -0.2) is 13.4 Å². The smallest absolute Gasteiger partial charge is 0.243 e. The second-order valence-electron chi connectivity index (χ2n) is 6.84. The molecule has 2 heterocycles. The van der Waals surface area contributed by atoms with Crippen LogP contribution in [0.4, 0.5) is 5.69 Å². The van der Waals surface area contributed by atoms with Crippen molar-refractivity contribution in [2.24, 2.45) is 0 Å². The maximum absolute atomic E-state index is 12.7. The van der Waals surface area contributed by atoms with Crippen LogP contribution in [0.2, 0.25) is 0 Å². The maximum Gasteiger partial charge on any atom is 0.243 e. The maximum atomic E-state index is 12.7. The largest absolute Gasteiger partial charge is 0.436 e. The molecule has 1 N–H and O–H groups in total. The first-order valence-electron chi connectivity index (χ1n) is 9.46. The van der Waals surface area contributed by atoms with Gasteiger partial charge in [-0.3, -0.25) is 4.79 Å². The quantitative estimate of drug-likeness (QED) is 0.492. The van der Waals surface area contributed by atoms with Crippen molar-refractivity contribution in [2.45, 2.75) is 24.2 Å². The number of piperidine rings is 1. The number of hydrogen-bond acceptors (Lipinski definition) is 6. The molecule has 0 unspecified atom stereocenters. The summed E-state index contributed by atoms with van der Waals surface area (Å²) in [5, 5.41) is 2.99. The lowest BCUT2D eigenvalue weighted by molar-refractivity contribution is -0.103. The summed E-state index contributed by atoms with van der Waals surface area (Å²) in [4.78, 5) is 16.0. The first kappa shape index (κ1) is 19.4. The number of fused-ring (bicyclic) bond motifs is 1. The number of aldehydes is 1. The fourth-order valence-electron chi connectivity index (χ4n) is 3.28. The zero-order chi connectivity index (χ0) is 20.3. The number of nitrogens with zero attached hydrogens (tertiary/aromatic N) is 2. The highest BCUT2D eigenvalue weighted by molar-refractivity contribution is 7.89. The number of rotatable bonds is 6. The van der Waals surface area contributed by atoms with E-state index in [1.54, 1.807) is 36.4 Å². The highest BCUT2D eigenvalue weighted by atomic mass is 32.2. The number of benzene rings is 2. The van der Waals surface area contributed by atoms with Crippen LogP contribution in [0.5, 0.6) is 0 Å². The molecule has 0 spiro atoms. The molecular formula is C21H21N3O4S. The number of carbonyl (C=O) groups excluding carboxylic acids is 1. The number of carbonyl (C=O) groups is 1. The molecule has 150 valence electrons. The normalized spacial score (nSPS) is 16.1. The number of hydrogen-bond donors (Lipinski definition) is 1. The average Bonchev–Trinajstić information content (AvgIpc) is 3.19. The summed E-state index contributed by atoms with van der Waals surface area (Å²) < 4.78 is 32.6. The van der Waals surface area contributed by atoms with Gasteiger partial charge in [-0.05, 0) is 49.2 Å².